The molecule has 0 spiro atoms. The summed E-state index contributed by atoms with van der Waals surface area (Å²) in [6.45, 7) is 0. The smallest absolute Gasteiger partial charge is 0.263 e. The maximum Gasteiger partial charge on any atom is 0.263 e. The van der Waals surface area contributed by atoms with Crippen LogP contribution < -0.4 is 10.0 Å². The molecule has 2 aromatic carbocycles. The zero-order valence-corrected chi connectivity index (χ0v) is 18.5. The third-order valence-corrected chi connectivity index (χ3v) is 7.00. The second-order valence-corrected chi connectivity index (χ2v) is 9.65. The Morgan fingerprint density at radius 1 is 0.933 bits per heavy atom. The first-order valence-corrected chi connectivity index (χ1v) is 11.8. The summed E-state index contributed by atoms with van der Waals surface area (Å²) in [7, 11) is -4.00. The highest BCUT2D eigenvalue weighted by atomic mass is 35.5. The van der Waals surface area contributed by atoms with Gasteiger partial charge in [0.15, 0.2) is 5.78 Å². The van der Waals surface area contributed by atoms with Crippen LogP contribution in [0.5, 0.6) is 0 Å². The van der Waals surface area contributed by atoms with Gasteiger partial charge in [-0.3, -0.25) is 14.3 Å². The molecule has 0 saturated carbocycles. The number of Topliss-reactive ketones (excluding diaryl/α,β-unsaturated/α-hetero) is 1. The summed E-state index contributed by atoms with van der Waals surface area (Å²) in [4.78, 5) is 24.6. The molecule has 10 heteroatoms. The van der Waals surface area contributed by atoms with E-state index in [1.807, 2.05) is 0 Å². The molecule has 0 unspecified atom stereocenters. The van der Waals surface area contributed by atoms with Crippen molar-refractivity contribution in [1.82, 2.24) is 0 Å². The predicted octanol–water partition coefficient (Wildman–Crippen LogP) is 5.46. The van der Waals surface area contributed by atoms with Crippen molar-refractivity contribution in [3.8, 4) is 0 Å². The van der Waals surface area contributed by atoms with Crippen LogP contribution in [0.4, 0.5) is 11.4 Å². The topological polar surface area (TPSA) is 92.3 Å². The summed E-state index contributed by atoms with van der Waals surface area (Å²) in [6.07, 6.45) is 0.0354. The maximum absolute atomic E-state index is 12.7. The fourth-order valence-corrected chi connectivity index (χ4v) is 4.93. The van der Waals surface area contributed by atoms with Crippen molar-refractivity contribution in [3.05, 3.63) is 74.9 Å². The fourth-order valence-electron chi connectivity index (χ4n) is 2.53. The zero-order valence-electron chi connectivity index (χ0n) is 15.4. The lowest BCUT2D eigenvalue weighted by atomic mass is 10.2. The molecule has 0 bridgehead atoms. The van der Waals surface area contributed by atoms with E-state index in [0.717, 1.165) is 0 Å². The molecule has 1 heterocycles. The number of anilines is 2. The number of rotatable bonds is 8. The van der Waals surface area contributed by atoms with Crippen LogP contribution >= 0.6 is 34.5 Å². The van der Waals surface area contributed by atoms with Crippen LogP contribution in [0.1, 0.15) is 22.5 Å². The van der Waals surface area contributed by atoms with E-state index in [4.69, 9.17) is 23.2 Å². The lowest BCUT2D eigenvalue weighted by Crippen LogP contribution is -2.16. The van der Waals surface area contributed by atoms with Gasteiger partial charge in [0.25, 0.3) is 10.0 Å². The Labute approximate surface area is 187 Å². The van der Waals surface area contributed by atoms with Gasteiger partial charge in [-0.1, -0.05) is 29.3 Å². The minimum atomic E-state index is -4.00. The van der Waals surface area contributed by atoms with Crippen molar-refractivity contribution in [2.45, 2.75) is 17.7 Å². The average Bonchev–Trinajstić information content (AvgIpc) is 3.24. The van der Waals surface area contributed by atoms with Crippen LogP contribution in [-0.4, -0.2) is 20.1 Å². The average molecular weight is 483 g/mol. The molecule has 156 valence electrons. The maximum atomic E-state index is 12.7. The number of carbonyl (C=O) groups excluding carboxylic acids is 2. The minimum absolute atomic E-state index is 0.00216. The van der Waals surface area contributed by atoms with E-state index in [-0.39, 0.29) is 34.2 Å². The third kappa shape index (κ3) is 5.82. The summed E-state index contributed by atoms with van der Waals surface area (Å²) >= 11 is 13.2. The SMILES string of the molecule is O=C(CCC(=O)c1cccs1)Nc1ccc(Cl)c(S(=O)(=O)Nc2ccc(Cl)cc2)c1. The summed E-state index contributed by atoms with van der Waals surface area (Å²) in [5.41, 5.74) is 0.571. The van der Waals surface area contributed by atoms with Crippen molar-refractivity contribution in [2.75, 3.05) is 10.0 Å². The van der Waals surface area contributed by atoms with E-state index in [1.54, 1.807) is 29.6 Å². The first kappa shape index (κ1) is 22.3. The van der Waals surface area contributed by atoms with Gasteiger partial charge in [0, 0.05) is 29.2 Å². The van der Waals surface area contributed by atoms with Gasteiger partial charge in [-0.25, -0.2) is 8.42 Å². The van der Waals surface area contributed by atoms with Gasteiger partial charge in [0.1, 0.15) is 4.90 Å². The number of benzene rings is 2. The van der Waals surface area contributed by atoms with E-state index < -0.39 is 15.9 Å². The Balaban J connectivity index is 1.68. The lowest BCUT2D eigenvalue weighted by molar-refractivity contribution is -0.116. The summed E-state index contributed by atoms with van der Waals surface area (Å²) in [5.74, 6) is -0.525. The van der Waals surface area contributed by atoms with Gasteiger partial charge in [0.05, 0.1) is 9.90 Å². The molecule has 3 rings (SSSR count). The number of amides is 1. The fraction of sp³-hybridized carbons (Fsp3) is 0.100. The van der Waals surface area contributed by atoms with Gasteiger partial charge < -0.3 is 5.32 Å². The number of thiophene rings is 1. The predicted molar refractivity (Wildman–Crippen MR) is 120 cm³/mol. The molecule has 0 fully saturated rings. The lowest BCUT2D eigenvalue weighted by Gasteiger charge is -2.12. The number of sulfonamides is 1. The molecule has 0 radical (unpaired) electrons. The molecule has 0 saturated heterocycles. The van der Waals surface area contributed by atoms with Crippen LogP contribution in [0, 0.1) is 0 Å². The molecule has 1 amide bonds. The van der Waals surface area contributed by atoms with Crippen LogP contribution in [0.15, 0.2) is 64.9 Å². The van der Waals surface area contributed by atoms with E-state index in [9.17, 15) is 18.0 Å². The summed E-state index contributed by atoms with van der Waals surface area (Å²) in [5, 5.41) is 4.86. The van der Waals surface area contributed by atoms with Crippen LogP contribution in [0.2, 0.25) is 10.0 Å². The number of hydrogen-bond donors (Lipinski definition) is 2. The molecule has 30 heavy (non-hydrogen) atoms. The van der Waals surface area contributed by atoms with E-state index >= 15 is 0 Å². The van der Waals surface area contributed by atoms with Gasteiger partial charge in [0.2, 0.25) is 5.91 Å². The molecule has 0 aliphatic rings. The first-order valence-electron chi connectivity index (χ1n) is 8.69. The van der Waals surface area contributed by atoms with Crippen molar-refractivity contribution < 1.29 is 18.0 Å². The normalized spacial score (nSPS) is 11.1. The first-order chi connectivity index (χ1) is 14.2. The Morgan fingerprint density at radius 2 is 1.63 bits per heavy atom. The minimum Gasteiger partial charge on any atom is -0.326 e. The Kier molecular flexibility index (Phi) is 7.14. The van der Waals surface area contributed by atoms with Gasteiger partial charge in [-0.15, -0.1) is 11.3 Å². The number of hydrogen-bond acceptors (Lipinski definition) is 5. The Bertz CT molecular complexity index is 1160. The van der Waals surface area contributed by atoms with Crippen LogP contribution in [0.25, 0.3) is 0 Å². The number of ketones is 1. The number of nitrogens with one attached hydrogen (secondary N) is 2. The molecule has 3 aromatic rings. The molecule has 0 aliphatic carbocycles. The van der Waals surface area contributed by atoms with Gasteiger partial charge in [-0.2, -0.15) is 0 Å². The second kappa shape index (κ2) is 9.61. The quantitative estimate of drug-likeness (QED) is 0.417. The molecular weight excluding hydrogens is 467 g/mol. The monoisotopic (exact) mass is 482 g/mol. The Morgan fingerprint density at radius 3 is 2.30 bits per heavy atom. The number of halogens is 2. The summed E-state index contributed by atoms with van der Waals surface area (Å²) < 4.78 is 27.8. The molecular formula is C20H16Cl2N2O4S2. The molecule has 0 aliphatic heterocycles. The van der Waals surface area contributed by atoms with E-state index in [1.165, 1.54) is 41.7 Å². The Hall–Kier alpha value is -2.39. The van der Waals surface area contributed by atoms with E-state index in [2.05, 4.69) is 10.0 Å². The van der Waals surface area contributed by atoms with Crippen molar-refractivity contribution >= 4 is 67.6 Å². The largest absolute Gasteiger partial charge is 0.326 e. The van der Waals surface area contributed by atoms with Gasteiger partial charge in [-0.05, 0) is 53.9 Å². The second-order valence-electron chi connectivity index (χ2n) is 6.21. The standard InChI is InChI=1S/C20H16Cl2N2O4S2/c21-13-3-5-14(6-4-13)24-30(27,28)19-12-15(7-8-16(19)22)23-20(26)10-9-17(25)18-2-1-11-29-18/h1-8,11-12,24H,9-10H2,(H,23,26). The zero-order chi connectivity index (χ0) is 21.7. The highest BCUT2D eigenvalue weighted by Crippen LogP contribution is 2.27. The number of carbonyl (C=O) groups is 2. The molecule has 2 N–H and O–H groups in total. The van der Waals surface area contributed by atoms with Gasteiger partial charge >= 0.3 is 0 Å². The van der Waals surface area contributed by atoms with Crippen molar-refractivity contribution in [3.63, 3.8) is 0 Å². The van der Waals surface area contributed by atoms with Crippen LogP contribution in [-0.2, 0) is 14.8 Å². The van der Waals surface area contributed by atoms with Crippen molar-refractivity contribution in [1.29, 1.82) is 0 Å². The highest BCUT2D eigenvalue weighted by Gasteiger charge is 2.19. The molecule has 6 nitrogen and oxygen atoms in total. The molecule has 0 atom stereocenters. The third-order valence-electron chi connectivity index (χ3n) is 3.98. The summed E-state index contributed by atoms with van der Waals surface area (Å²) in [6, 6.07) is 13.7. The van der Waals surface area contributed by atoms with Crippen molar-refractivity contribution in [2.24, 2.45) is 0 Å². The van der Waals surface area contributed by atoms with E-state index in [0.29, 0.717) is 15.6 Å². The highest BCUT2D eigenvalue weighted by molar-refractivity contribution is 7.92. The van der Waals surface area contributed by atoms with Crippen LogP contribution in [0.3, 0.4) is 0 Å². The molecule has 1 aromatic heterocycles.